The van der Waals surface area contributed by atoms with Gasteiger partial charge < -0.3 is 33.9 Å². The van der Waals surface area contributed by atoms with Gasteiger partial charge in [-0.1, -0.05) is 35.9 Å². The highest BCUT2D eigenvalue weighted by Crippen LogP contribution is 2.29. The average Bonchev–Trinajstić information content (AvgIpc) is 3.37. The van der Waals surface area contributed by atoms with Crippen molar-refractivity contribution in [3.8, 4) is 23.0 Å². The molecule has 0 amide bonds. The van der Waals surface area contributed by atoms with Crippen LogP contribution in [0.5, 0.6) is 23.0 Å². The molecule has 0 saturated heterocycles. The molecule has 0 aliphatic carbocycles. The number of anilines is 1. The number of nitrogens with one attached hydrogen (secondary N) is 1. The lowest BCUT2D eigenvalue weighted by Crippen LogP contribution is -2.08. The maximum absolute atomic E-state index is 12.0. The molecule has 5 aromatic rings. The van der Waals surface area contributed by atoms with Gasteiger partial charge in [-0.05, 0) is 66.9 Å². The molecule has 240 valence electrons. The topological polar surface area (TPSA) is 104 Å². The van der Waals surface area contributed by atoms with E-state index in [2.05, 4.69) is 5.32 Å². The van der Waals surface area contributed by atoms with E-state index in [-0.39, 0.29) is 19.0 Å². The van der Waals surface area contributed by atoms with Crippen LogP contribution >= 0.6 is 11.6 Å². The van der Waals surface area contributed by atoms with E-state index in [1.54, 1.807) is 6.92 Å². The number of ether oxygens (including phenoxy) is 4. The summed E-state index contributed by atoms with van der Waals surface area (Å²) in [6, 6.07) is 26.6. The number of nitrogens with zero attached hydrogens (tertiary/aromatic N) is 2. The molecule has 0 atom stereocenters. The van der Waals surface area contributed by atoms with Crippen molar-refractivity contribution in [1.82, 2.24) is 9.55 Å². The molecule has 0 radical (unpaired) electrons. The molecular weight excluding hydrogens is 606 g/mol. The second kappa shape index (κ2) is 16.0. The number of rotatable bonds is 16. The van der Waals surface area contributed by atoms with Crippen molar-refractivity contribution in [3.63, 3.8) is 0 Å². The highest BCUT2D eigenvalue weighted by molar-refractivity contribution is 6.30. The van der Waals surface area contributed by atoms with Crippen LogP contribution < -0.4 is 19.5 Å². The number of aliphatic hydroxyl groups is 1. The van der Waals surface area contributed by atoms with Gasteiger partial charge in [0.25, 0.3) is 0 Å². The number of carbonyl (C=O) groups is 1. The number of esters is 1. The van der Waals surface area contributed by atoms with Crippen molar-refractivity contribution in [1.29, 1.82) is 0 Å². The Hall–Kier alpha value is -4.73. The molecule has 46 heavy (non-hydrogen) atoms. The fourth-order valence-corrected chi connectivity index (χ4v) is 5.08. The number of imidazole rings is 1. The summed E-state index contributed by atoms with van der Waals surface area (Å²) in [7, 11) is 1.98. The van der Waals surface area contributed by atoms with Crippen molar-refractivity contribution in [2.24, 2.45) is 7.05 Å². The maximum atomic E-state index is 12.0. The molecule has 0 aliphatic rings. The second-order valence-electron chi connectivity index (χ2n) is 10.6. The van der Waals surface area contributed by atoms with Gasteiger partial charge in [0.05, 0.1) is 30.9 Å². The standard InChI is InChI=1S/C36H38ClN3O6/c1-3-43-36(42)16-10-26-9-13-29(23-34(26)45-24-25-7-11-27(37)12-8-25)44-20-17-35-39-32-15-14-31(22-33(32)40(35)2)46-30-6-4-5-28(21-30)38-18-19-41/h4-9,11-15,21-23,38,41H,3,10,16-20,24H2,1-2H3. The van der Waals surface area contributed by atoms with E-state index in [0.717, 1.165) is 33.7 Å². The van der Waals surface area contributed by atoms with Crippen LogP contribution in [0.2, 0.25) is 5.02 Å². The summed E-state index contributed by atoms with van der Waals surface area (Å²) >= 11 is 6.03. The third-order valence-electron chi connectivity index (χ3n) is 7.30. The van der Waals surface area contributed by atoms with Crippen LogP contribution in [0, 0.1) is 0 Å². The first kappa shape index (κ1) is 32.7. The zero-order valence-electron chi connectivity index (χ0n) is 26.0. The minimum Gasteiger partial charge on any atom is -0.493 e. The Kier molecular flexibility index (Phi) is 11.4. The number of fused-ring (bicyclic) bond motifs is 1. The van der Waals surface area contributed by atoms with Gasteiger partial charge >= 0.3 is 5.97 Å². The first-order valence-corrected chi connectivity index (χ1v) is 15.7. The minimum absolute atomic E-state index is 0.0566. The van der Waals surface area contributed by atoms with Gasteiger partial charge in [0.1, 0.15) is 35.4 Å². The van der Waals surface area contributed by atoms with Gasteiger partial charge in [-0.15, -0.1) is 0 Å². The molecule has 0 bridgehead atoms. The highest BCUT2D eigenvalue weighted by atomic mass is 35.5. The molecule has 5 rings (SSSR count). The minimum atomic E-state index is -0.242. The zero-order valence-corrected chi connectivity index (χ0v) is 26.8. The predicted octanol–water partition coefficient (Wildman–Crippen LogP) is 7.12. The third kappa shape index (κ3) is 8.93. The summed E-state index contributed by atoms with van der Waals surface area (Å²) in [5, 5.41) is 12.9. The van der Waals surface area contributed by atoms with E-state index in [4.69, 9.17) is 40.6 Å². The molecule has 0 aliphatic heterocycles. The number of aliphatic hydroxyl groups excluding tert-OH is 1. The molecule has 1 aromatic heterocycles. The monoisotopic (exact) mass is 643 g/mol. The number of hydrogen-bond acceptors (Lipinski definition) is 8. The van der Waals surface area contributed by atoms with E-state index in [1.807, 2.05) is 96.5 Å². The van der Waals surface area contributed by atoms with E-state index in [0.29, 0.717) is 67.2 Å². The smallest absolute Gasteiger partial charge is 0.306 e. The van der Waals surface area contributed by atoms with Gasteiger partial charge in [-0.25, -0.2) is 4.98 Å². The van der Waals surface area contributed by atoms with Crippen molar-refractivity contribution >= 4 is 34.3 Å². The molecule has 0 spiro atoms. The average molecular weight is 644 g/mol. The number of aryl methyl sites for hydroxylation is 2. The molecule has 9 nitrogen and oxygen atoms in total. The van der Waals surface area contributed by atoms with Crippen LogP contribution in [0.3, 0.4) is 0 Å². The molecule has 0 unspecified atom stereocenters. The molecule has 4 aromatic carbocycles. The number of benzene rings is 4. The maximum Gasteiger partial charge on any atom is 0.306 e. The summed E-state index contributed by atoms with van der Waals surface area (Å²) in [4.78, 5) is 16.8. The van der Waals surface area contributed by atoms with Crippen molar-refractivity contribution in [3.05, 3.63) is 107 Å². The SMILES string of the molecule is CCOC(=O)CCc1ccc(OCCc2nc3ccc(Oc4cccc(NCCO)c4)cc3n2C)cc1OCc1ccc(Cl)cc1. The fourth-order valence-electron chi connectivity index (χ4n) is 4.95. The number of aromatic nitrogens is 2. The van der Waals surface area contributed by atoms with E-state index >= 15 is 0 Å². The quantitative estimate of drug-likeness (QED) is 0.110. The molecular formula is C36H38ClN3O6. The molecule has 10 heteroatoms. The van der Waals surface area contributed by atoms with Gasteiger partial charge in [-0.3, -0.25) is 4.79 Å². The first-order valence-electron chi connectivity index (χ1n) is 15.3. The summed E-state index contributed by atoms with van der Waals surface area (Å²) in [5.41, 5.74) is 4.57. The Balaban J connectivity index is 1.23. The van der Waals surface area contributed by atoms with Gasteiger partial charge in [0.2, 0.25) is 0 Å². The Morgan fingerprint density at radius 2 is 1.74 bits per heavy atom. The predicted molar refractivity (Wildman–Crippen MR) is 179 cm³/mol. The number of halogens is 1. The van der Waals surface area contributed by atoms with E-state index in [1.165, 1.54) is 0 Å². The van der Waals surface area contributed by atoms with Crippen molar-refractivity contribution < 1.29 is 28.8 Å². The van der Waals surface area contributed by atoms with Crippen LogP contribution in [0.15, 0.2) is 84.9 Å². The Morgan fingerprint density at radius 3 is 2.54 bits per heavy atom. The lowest BCUT2D eigenvalue weighted by molar-refractivity contribution is -0.143. The zero-order chi connectivity index (χ0) is 32.3. The van der Waals surface area contributed by atoms with E-state index < -0.39 is 0 Å². The lowest BCUT2D eigenvalue weighted by Gasteiger charge is -2.14. The molecule has 0 saturated carbocycles. The fraction of sp³-hybridized carbons (Fsp3) is 0.278. The molecule has 0 fully saturated rings. The summed E-state index contributed by atoms with van der Waals surface area (Å²) in [6.07, 6.45) is 1.34. The highest BCUT2D eigenvalue weighted by Gasteiger charge is 2.13. The summed E-state index contributed by atoms with van der Waals surface area (Å²) in [5.74, 6) is 3.35. The molecule has 2 N–H and O–H groups in total. The lowest BCUT2D eigenvalue weighted by atomic mass is 10.1. The Bertz CT molecular complexity index is 1760. The van der Waals surface area contributed by atoms with Crippen molar-refractivity contribution in [2.75, 3.05) is 31.7 Å². The van der Waals surface area contributed by atoms with Crippen LogP contribution in [0.4, 0.5) is 5.69 Å². The largest absolute Gasteiger partial charge is 0.493 e. The van der Waals surface area contributed by atoms with Crippen LogP contribution in [0.1, 0.15) is 30.3 Å². The van der Waals surface area contributed by atoms with Gasteiger partial charge in [0, 0.05) is 55.3 Å². The van der Waals surface area contributed by atoms with Gasteiger partial charge in [0.15, 0.2) is 0 Å². The van der Waals surface area contributed by atoms with Crippen LogP contribution in [-0.2, 0) is 36.0 Å². The van der Waals surface area contributed by atoms with Crippen LogP contribution in [0.25, 0.3) is 11.0 Å². The number of hydrogen-bond donors (Lipinski definition) is 2. The summed E-state index contributed by atoms with van der Waals surface area (Å²) < 4.78 is 25.6. The normalized spacial score (nSPS) is 11.0. The van der Waals surface area contributed by atoms with E-state index in [9.17, 15) is 4.79 Å². The second-order valence-corrected chi connectivity index (χ2v) is 11.0. The Labute approximate surface area is 273 Å². The third-order valence-corrected chi connectivity index (χ3v) is 7.55. The number of carbonyl (C=O) groups excluding carboxylic acids is 1. The molecule has 1 heterocycles. The van der Waals surface area contributed by atoms with Gasteiger partial charge in [-0.2, -0.15) is 0 Å². The van der Waals surface area contributed by atoms with Crippen LogP contribution in [-0.4, -0.2) is 47.0 Å². The Morgan fingerprint density at radius 1 is 0.935 bits per heavy atom. The first-order chi connectivity index (χ1) is 22.4. The summed E-state index contributed by atoms with van der Waals surface area (Å²) in [6.45, 7) is 3.44. The van der Waals surface area contributed by atoms with Crippen molar-refractivity contribution in [2.45, 2.75) is 32.8 Å².